The lowest BCUT2D eigenvalue weighted by Crippen LogP contribution is -2.68. The van der Waals surface area contributed by atoms with Gasteiger partial charge in [0.2, 0.25) is 77.3 Å². The molecule has 2 aromatic rings. The molecule has 2 saturated heterocycles. The number of halogens is 10. The van der Waals surface area contributed by atoms with Crippen LogP contribution in [0.25, 0.3) is 0 Å². The van der Waals surface area contributed by atoms with Gasteiger partial charge >= 0.3 is 12.4 Å². The van der Waals surface area contributed by atoms with Crippen LogP contribution < -0.4 is 16.0 Å². The molecule has 111 heavy (non-hydrogen) atoms. The van der Waals surface area contributed by atoms with Gasteiger partial charge in [-0.2, -0.15) is 26.3 Å². The Labute approximate surface area is 638 Å². The number of nitrogens with one attached hydrogen (secondary N) is 3. The van der Waals surface area contributed by atoms with Crippen LogP contribution in [0.15, 0.2) is 48.6 Å². The van der Waals surface area contributed by atoms with Gasteiger partial charge in [0.1, 0.15) is 71.1 Å². The summed E-state index contributed by atoms with van der Waals surface area (Å²) < 4.78 is 155. The monoisotopic (exact) mass is 1580 g/mol. The predicted molar refractivity (Wildman–Crippen MR) is 380 cm³/mol. The summed E-state index contributed by atoms with van der Waals surface area (Å²) in [5, 5.41) is 7.87. The molecular weight excluding hydrogens is 1480 g/mol. The van der Waals surface area contributed by atoms with E-state index in [1.165, 1.54) is 49.3 Å². The van der Waals surface area contributed by atoms with Crippen LogP contribution in [-0.4, -0.2) is 284 Å². The second-order valence-corrected chi connectivity index (χ2v) is 29.5. The van der Waals surface area contributed by atoms with E-state index in [2.05, 4.69) is 16.0 Å². The fourth-order valence-corrected chi connectivity index (χ4v) is 15.1. The number of ether oxygens (including phenoxy) is 2. The summed E-state index contributed by atoms with van der Waals surface area (Å²) in [4.78, 5) is 189. The van der Waals surface area contributed by atoms with Crippen molar-refractivity contribution in [2.45, 2.75) is 202 Å². The maximum atomic E-state index is 15.6. The van der Waals surface area contributed by atoms with Gasteiger partial charge in [0.05, 0.1) is 37.8 Å². The molecule has 0 unspecified atom stereocenters. The zero-order valence-electron chi connectivity index (χ0n) is 64.3. The van der Waals surface area contributed by atoms with E-state index in [0.717, 1.165) is 77.6 Å². The first kappa shape index (κ1) is 89.2. The summed E-state index contributed by atoms with van der Waals surface area (Å²) in [5.74, 6) is -17.2. The van der Waals surface area contributed by atoms with E-state index in [0.29, 0.717) is 49.1 Å². The lowest BCUT2D eigenvalue weighted by Gasteiger charge is -2.46. The second kappa shape index (κ2) is 38.5. The standard InChI is InChI=1S/C75H102F10N12O14/c1-12-43(3)62-70(107)91(6)42-60(100)92(7)52-22-15-14-18-31-96(69(52)106)56(36-44-23-26-47(27-24-44)74(80,81)82)68(105)90(5)41-58(98)86-51(28-25-45-34-49(76)61(50(77)35-45)75(83,84)85)66(103)97-40-48(111-13-2)37-54(97)65(102)88-73(29-19-30-73)72(109)95(10)63(46-20-16-17-21-46)71(108)94(9)55(67(104)89(4)32-33-110-11)39-59(99)93(8)53(38-57(78)79)64(101)87-62/h14-15,23-24,26-27,34-35,43,46,48,51-57,62-63H,12-13,16-22,25,28-33,36-42H2,1-11H3,(H,86,98)(H,87,101)(H,88,102)/b15-14-/t43-,48+,51-,52+,53-,54-,55-,56-,62-,63-/m0/s1. The highest BCUT2D eigenvalue weighted by atomic mass is 19.4. The number of aryl methyl sites for hydroxylation is 1. The number of hydrogen-bond acceptors (Lipinski definition) is 14. The highest BCUT2D eigenvalue weighted by molar-refractivity contribution is 6.01. The molecule has 7 rings (SSSR count). The maximum Gasteiger partial charge on any atom is 0.422 e. The number of amides is 12. The molecule has 12 amide bonds. The first-order chi connectivity index (χ1) is 52.1. The molecule has 26 nitrogen and oxygen atoms in total. The quantitative estimate of drug-likeness (QED) is 0.141. The van der Waals surface area contributed by atoms with E-state index in [4.69, 9.17) is 9.47 Å². The van der Waals surface area contributed by atoms with Gasteiger partial charge in [-0.3, -0.25) is 57.5 Å². The molecule has 2 bridgehead atoms. The van der Waals surface area contributed by atoms with Gasteiger partial charge in [-0.15, -0.1) is 0 Å². The largest absolute Gasteiger partial charge is 0.422 e. The van der Waals surface area contributed by atoms with Crippen LogP contribution in [0.2, 0.25) is 0 Å². The Morgan fingerprint density at radius 3 is 1.89 bits per heavy atom. The summed E-state index contributed by atoms with van der Waals surface area (Å²) >= 11 is 0. The van der Waals surface area contributed by atoms with Crippen LogP contribution in [0.1, 0.15) is 133 Å². The second-order valence-electron chi connectivity index (χ2n) is 29.5. The highest BCUT2D eigenvalue weighted by Gasteiger charge is 2.54. The van der Waals surface area contributed by atoms with Crippen LogP contribution in [0, 0.1) is 23.5 Å². The van der Waals surface area contributed by atoms with Crippen molar-refractivity contribution in [3.05, 3.63) is 82.4 Å². The molecule has 2 aromatic carbocycles. The van der Waals surface area contributed by atoms with E-state index in [-0.39, 0.29) is 76.9 Å². The third-order valence-electron chi connectivity index (χ3n) is 22.0. The fraction of sp³-hybridized carbons (Fsp3) is 0.653. The Balaban J connectivity index is 1.36. The topological polar surface area (TPSA) is 289 Å². The summed E-state index contributed by atoms with van der Waals surface area (Å²) in [7, 11) is 9.77. The smallest absolute Gasteiger partial charge is 0.383 e. The van der Waals surface area contributed by atoms with Crippen LogP contribution in [0.5, 0.6) is 0 Å². The zero-order chi connectivity index (χ0) is 82.5. The maximum absolute atomic E-state index is 15.6. The zero-order valence-corrected chi connectivity index (χ0v) is 64.3. The number of hydrogen-bond donors (Lipinski definition) is 3. The Bertz CT molecular complexity index is 3710. The Morgan fingerprint density at radius 2 is 1.32 bits per heavy atom. The van der Waals surface area contributed by atoms with Crippen LogP contribution in [0.4, 0.5) is 43.9 Å². The molecule has 10 atom stereocenters. The molecule has 1 spiro atoms. The van der Waals surface area contributed by atoms with E-state index in [1.54, 1.807) is 26.0 Å². The predicted octanol–water partition coefficient (Wildman–Crippen LogP) is 5.36. The van der Waals surface area contributed by atoms with Crippen molar-refractivity contribution in [2.75, 3.05) is 102 Å². The molecule has 5 aliphatic rings. The van der Waals surface area contributed by atoms with Crippen molar-refractivity contribution in [1.82, 2.24) is 60.0 Å². The Morgan fingerprint density at radius 1 is 0.694 bits per heavy atom. The Kier molecular flexibility index (Phi) is 31.0. The summed E-state index contributed by atoms with van der Waals surface area (Å²) in [5.41, 5.74) is -5.44. The number of alkyl halides is 8. The number of carbonyl (C=O) groups excluding carboxylic acids is 12. The average molecular weight is 1590 g/mol. The van der Waals surface area contributed by atoms with E-state index < -0.39 is 235 Å². The van der Waals surface area contributed by atoms with E-state index in [9.17, 15) is 63.9 Å². The minimum Gasteiger partial charge on any atom is -0.383 e. The van der Waals surface area contributed by atoms with Crippen LogP contribution in [-0.2, 0) is 92.2 Å². The van der Waals surface area contributed by atoms with Gasteiger partial charge in [0, 0.05) is 102 Å². The highest BCUT2D eigenvalue weighted by Crippen LogP contribution is 2.40. The van der Waals surface area contributed by atoms with Gasteiger partial charge < -0.3 is 69.5 Å². The van der Waals surface area contributed by atoms with Gasteiger partial charge in [0.15, 0.2) is 0 Å². The van der Waals surface area contributed by atoms with Crippen LogP contribution >= 0.6 is 0 Å². The molecule has 3 aliphatic heterocycles. The molecule has 2 aliphatic carbocycles. The first-order valence-electron chi connectivity index (χ1n) is 37.2. The number of carbonyl (C=O) groups is 12. The third-order valence-corrected chi connectivity index (χ3v) is 22.0. The fourth-order valence-electron chi connectivity index (χ4n) is 15.1. The van der Waals surface area contributed by atoms with Gasteiger partial charge in [-0.1, -0.05) is 57.4 Å². The van der Waals surface area contributed by atoms with E-state index >= 15 is 37.5 Å². The van der Waals surface area contributed by atoms with Crippen molar-refractivity contribution >= 4 is 70.9 Å². The van der Waals surface area contributed by atoms with Crippen LogP contribution in [0.3, 0.4) is 0 Å². The number of fused-ring (bicyclic) bond motifs is 3. The van der Waals surface area contributed by atoms with Crippen molar-refractivity contribution in [1.29, 1.82) is 0 Å². The van der Waals surface area contributed by atoms with Crippen molar-refractivity contribution < 1.29 is 111 Å². The Hall–Kier alpha value is -8.96. The molecular formula is C75H102F10N12O14. The summed E-state index contributed by atoms with van der Waals surface area (Å²) in [6.07, 6.45) is -13.5. The molecule has 0 aromatic heterocycles. The minimum atomic E-state index is -5.48. The third kappa shape index (κ3) is 21.8. The number of nitrogens with zero attached hydrogens (tertiary/aromatic N) is 9. The SMILES string of the molecule is CCO[C@@H]1C[C@H]2C(=O)NC3(CCC3)C(=O)N(C)[C@@H](C3CCCC3)C(=O)N(C)[C@H](C(=O)N(C)CCOC)CC(=O)N(C)[C@@H](CC(F)F)C(=O)N[C@@H]([C@@H](C)CC)C(=O)N(C)CC(=O)N(C)[C@@H]3C/C=C\CCN(C3=O)[C@@H](Cc3ccc(C(F)(F)F)cc3)C(=O)N(C)CC(=O)N[C@@H](CCc3cc(F)c(C(F)(F)F)c(F)c3)C(=O)N2C1. The van der Waals surface area contributed by atoms with Gasteiger partial charge in [-0.25, -0.2) is 17.6 Å². The van der Waals surface area contributed by atoms with Gasteiger partial charge in [0.25, 0.3) is 0 Å². The number of benzene rings is 2. The molecule has 4 fully saturated rings. The average Bonchev–Trinajstić information content (AvgIpc) is 1.67. The molecule has 616 valence electrons. The number of methoxy groups -OCH3 is 1. The number of likely N-dealkylation sites (N-methyl/N-ethyl adjacent to an activating group) is 7. The molecule has 36 heteroatoms. The lowest BCUT2D eigenvalue weighted by molar-refractivity contribution is -0.158. The molecule has 3 N–H and O–H groups in total. The van der Waals surface area contributed by atoms with Gasteiger partial charge in [-0.05, 0) is 112 Å². The number of rotatable bonds is 16. The molecule has 2 saturated carbocycles. The normalized spacial score (nSPS) is 25.7. The molecule has 0 radical (unpaired) electrons. The molecule has 3 heterocycles. The van der Waals surface area contributed by atoms with Crippen molar-refractivity contribution in [3.63, 3.8) is 0 Å². The summed E-state index contributed by atoms with van der Waals surface area (Å²) in [6, 6.07) is -9.10. The summed E-state index contributed by atoms with van der Waals surface area (Å²) in [6.45, 7) is 2.20. The van der Waals surface area contributed by atoms with E-state index in [1.807, 2.05) is 0 Å². The lowest BCUT2D eigenvalue weighted by atomic mass is 9.74. The van der Waals surface area contributed by atoms with Crippen molar-refractivity contribution in [3.8, 4) is 0 Å². The minimum absolute atomic E-state index is 0.0235. The van der Waals surface area contributed by atoms with Crippen molar-refractivity contribution in [2.24, 2.45) is 11.8 Å². The first-order valence-corrected chi connectivity index (χ1v) is 37.2.